The lowest BCUT2D eigenvalue weighted by molar-refractivity contribution is 0.262. The summed E-state index contributed by atoms with van der Waals surface area (Å²) in [7, 11) is 0. The summed E-state index contributed by atoms with van der Waals surface area (Å²) < 4.78 is 42.3. The molecule has 5 nitrogen and oxygen atoms in total. The predicted molar refractivity (Wildman–Crippen MR) is 105 cm³/mol. The first-order chi connectivity index (χ1) is 14.0. The highest BCUT2D eigenvalue weighted by atomic mass is 19.2. The summed E-state index contributed by atoms with van der Waals surface area (Å²) in [6.45, 7) is 1.28. The molecule has 29 heavy (non-hydrogen) atoms. The van der Waals surface area contributed by atoms with E-state index in [2.05, 4.69) is 15.6 Å². The van der Waals surface area contributed by atoms with E-state index in [0.29, 0.717) is 30.6 Å². The van der Waals surface area contributed by atoms with Gasteiger partial charge in [-0.1, -0.05) is 12.1 Å². The van der Waals surface area contributed by atoms with Crippen molar-refractivity contribution < 1.29 is 18.0 Å². The average molecular weight is 398 g/mol. The van der Waals surface area contributed by atoms with Crippen molar-refractivity contribution >= 4 is 33.9 Å². The van der Waals surface area contributed by atoms with Gasteiger partial charge in [0.05, 0.1) is 11.4 Å². The second-order valence-corrected chi connectivity index (χ2v) is 7.52. The molecular formula is C21H17F3N4O. The first-order valence-corrected chi connectivity index (χ1v) is 9.34. The Kier molecular flexibility index (Phi) is 4.08. The standard InChI is InChI=1S/C21H17F3N4O/c22-15-7-17(28-9-12-6-13(12)10-28)20(19(24)18(15)23)27-21(29)26-16-3-1-2-11-8-25-5-4-14(11)16/h1-5,7-8,12-13H,6,9-10H2,(H2,26,27,29). The summed E-state index contributed by atoms with van der Waals surface area (Å²) in [6, 6.07) is 7.23. The Morgan fingerprint density at radius 3 is 2.66 bits per heavy atom. The van der Waals surface area contributed by atoms with E-state index < -0.39 is 23.5 Å². The molecule has 1 saturated heterocycles. The smallest absolute Gasteiger partial charge is 0.323 e. The van der Waals surface area contributed by atoms with Crippen LogP contribution in [0.2, 0.25) is 0 Å². The number of nitrogens with one attached hydrogen (secondary N) is 2. The Hall–Kier alpha value is -3.29. The summed E-state index contributed by atoms with van der Waals surface area (Å²) in [4.78, 5) is 18.4. The van der Waals surface area contributed by atoms with Crippen LogP contribution in [0.25, 0.3) is 10.8 Å². The van der Waals surface area contributed by atoms with E-state index in [4.69, 9.17) is 0 Å². The molecule has 2 N–H and O–H groups in total. The summed E-state index contributed by atoms with van der Waals surface area (Å²) >= 11 is 0. The highest BCUT2D eigenvalue weighted by molar-refractivity contribution is 6.07. The van der Waals surface area contributed by atoms with Crippen LogP contribution in [-0.4, -0.2) is 24.1 Å². The number of hydrogen-bond acceptors (Lipinski definition) is 3. The molecule has 1 aliphatic carbocycles. The van der Waals surface area contributed by atoms with Crippen LogP contribution in [0, 0.1) is 29.3 Å². The predicted octanol–water partition coefficient (Wildman–Crippen LogP) is 4.75. The molecule has 2 heterocycles. The quantitative estimate of drug-likeness (QED) is 0.626. The first kappa shape index (κ1) is 17.8. The average Bonchev–Trinajstić information content (AvgIpc) is 3.33. The van der Waals surface area contributed by atoms with E-state index in [1.54, 1.807) is 35.5 Å². The van der Waals surface area contributed by atoms with E-state index >= 15 is 0 Å². The van der Waals surface area contributed by atoms with Crippen LogP contribution in [0.1, 0.15) is 6.42 Å². The topological polar surface area (TPSA) is 57.3 Å². The van der Waals surface area contributed by atoms with Crippen molar-refractivity contribution in [1.82, 2.24) is 4.98 Å². The first-order valence-electron chi connectivity index (χ1n) is 9.34. The van der Waals surface area contributed by atoms with Gasteiger partial charge in [-0.3, -0.25) is 4.98 Å². The largest absolute Gasteiger partial charge is 0.369 e. The van der Waals surface area contributed by atoms with Gasteiger partial charge in [-0.15, -0.1) is 0 Å². The van der Waals surface area contributed by atoms with Crippen LogP contribution in [0.3, 0.4) is 0 Å². The van der Waals surface area contributed by atoms with Crippen molar-refractivity contribution in [2.75, 3.05) is 28.6 Å². The lowest BCUT2D eigenvalue weighted by Gasteiger charge is -2.24. The zero-order valence-corrected chi connectivity index (χ0v) is 15.3. The fraction of sp³-hybridized carbons (Fsp3) is 0.238. The van der Waals surface area contributed by atoms with Gasteiger partial charge in [-0.25, -0.2) is 18.0 Å². The molecule has 5 rings (SSSR count). The molecule has 0 bridgehead atoms. The molecule has 0 spiro atoms. The van der Waals surface area contributed by atoms with Crippen molar-refractivity contribution in [1.29, 1.82) is 0 Å². The highest BCUT2D eigenvalue weighted by Crippen LogP contribution is 2.48. The van der Waals surface area contributed by atoms with Crippen molar-refractivity contribution in [2.24, 2.45) is 11.8 Å². The maximum absolute atomic E-state index is 14.5. The Bertz CT molecular complexity index is 1120. The molecule has 3 aromatic rings. The molecule has 1 saturated carbocycles. The lowest BCUT2D eigenvalue weighted by Crippen LogP contribution is -2.27. The van der Waals surface area contributed by atoms with Crippen LogP contribution in [0.4, 0.5) is 35.0 Å². The Labute approximate surface area is 164 Å². The number of piperidine rings is 1. The second kappa shape index (κ2) is 6.65. The number of aromatic nitrogens is 1. The number of urea groups is 1. The van der Waals surface area contributed by atoms with Crippen molar-refractivity contribution in [3.05, 3.63) is 60.2 Å². The van der Waals surface area contributed by atoms with E-state index in [-0.39, 0.29) is 11.4 Å². The SMILES string of the molecule is O=C(Nc1c(N2CC3CC3C2)cc(F)c(F)c1F)Nc1cccc2cnccc12. The van der Waals surface area contributed by atoms with Crippen LogP contribution in [0.15, 0.2) is 42.7 Å². The Morgan fingerprint density at radius 1 is 1.07 bits per heavy atom. The number of benzene rings is 2. The molecule has 2 fully saturated rings. The van der Waals surface area contributed by atoms with Crippen molar-refractivity contribution in [3.8, 4) is 0 Å². The maximum atomic E-state index is 14.5. The Morgan fingerprint density at radius 2 is 1.86 bits per heavy atom. The third kappa shape index (κ3) is 3.14. The molecule has 1 aromatic heterocycles. The van der Waals surface area contributed by atoms with Crippen LogP contribution in [0.5, 0.6) is 0 Å². The van der Waals surface area contributed by atoms with Crippen LogP contribution < -0.4 is 15.5 Å². The molecule has 0 radical (unpaired) electrons. The maximum Gasteiger partial charge on any atom is 0.323 e. The molecule has 2 aromatic carbocycles. The Balaban J connectivity index is 1.44. The van der Waals surface area contributed by atoms with Gasteiger partial charge in [0.25, 0.3) is 0 Å². The zero-order chi connectivity index (χ0) is 20.1. The van der Waals surface area contributed by atoms with Gasteiger partial charge in [-0.05, 0) is 30.4 Å². The number of carbonyl (C=O) groups is 1. The number of rotatable bonds is 3. The zero-order valence-electron chi connectivity index (χ0n) is 15.3. The van der Waals surface area contributed by atoms with Crippen LogP contribution >= 0.6 is 0 Å². The number of amides is 2. The van der Waals surface area contributed by atoms with Crippen LogP contribution in [-0.2, 0) is 0 Å². The fourth-order valence-electron chi connectivity index (χ4n) is 4.04. The number of nitrogens with zero attached hydrogens (tertiary/aromatic N) is 2. The number of fused-ring (bicyclic) bond motifs is 2. The number of halogens is 3. The number of hydrogen-bond donors (Lipinski definition) is 2. The van der Waals surface area contributed by atoms with E-state index in [0.717, 1.165) is 23.3 Å². The second-order valence-electron chi connectivity index (χ2n) is 7.52. The summed E-state index contributed by atoms with van der Waals surface area (Å²) in [6.07, 6.45) is 4.35. The minimum absolute atomic E-state index is 0.158. The minimum atomic E-state index is -1.61. The van der Waals surface area contributed by atoms with Gasteiger partial charge >= 0.3 is 6.03 Å². The minimum Gasteiger partial charge on any atom is -0.369 e. The molecule has 2 amide bonds. The molecule has 2 unspecified atom stereocenters. The number of pyridine rings is 1. The van der Waals surface area contributed by atoms with E-state index in [1.807, 2.05) is 6.07 Å². The summed E-state index contributed by atoms with van der Waals surface area (Å²) in [5.41, 5.74) is 0.296. The van der Waals surface area contributed by atoms with Gasteiger partial charge in [-0.2, -0.15) is 0 Å². The highest BCUT2D eigenvalue weighted by Gasteiger charge is 2.46. The molecule has 2 aliphatic rings. The molecular weight excluding hydrogens is 381 g/mol. The normalized spacial score (nSPS) is 19.9. The summed E-state index contributed by atoms with van der Waals surface area (Å²) in [5, 5.41) is 6.60. The van der Waals surface area contributed by atoms with Gasteiger partial charge < -0.3 is 15.5 Å². The molecule has 2 atom stereocenters. The van der Waals surface area contributed by atoms with Gasteiger partial charge in [0.15, 0.2) is 17.5 Å². The third-order valence-electron chi connectivity index (χ3n) is 5.63. The monoisotopic (exact) mass is 398 g/mol. The van der Waals surface area contributed by atoms with E-state index in [9.17, 15) is 18.0 Å². The molecule has 8 heteroatoms. The van der Waals surface area contributed by atoms with Gasteiger partial charge in [0, 0.05) is 42.3 Å². The third-order valence-corrected chi connectivity index (χ3v) is 5.63. The van der Waals surface area contributed by atoms with E-state index in [1.165, 1.54) is 0 Å². The molecule has 1 aliphatic heterocycles. The van der Waals surface area contributed by atoms with Crippen molar-refractivity contribution in [2.45, 2.75) is 6.42 Å². The number of carbonyl (C=O) groups excluding carboxylic acids is 1. The fourth-order valence-corrected chi connectivity index (χ4v) is 4.04. The molecule has 148 valence electrons. The summed E-state index contributed by atoms with van der Waals surface area (Å²) in [5.74, 6) is -3.29. The number of anilines is 3. The van der Waals surface area contributed by atoms with Gasteiger partial charge in [0.1, 0.15) is 5.69 Å². The van der Waals surface area contributed by atoms with Gasteiger partial charge in [0.2, 0.25) is 0 Å². The lowest BCUT2D eigenvalue weighted by atomic mass is 10.1. The van der Waals surface area contributed by atoms with Crippen molar-refractivity contribution in [3.63, 3.8) is 0 Å².